The van der Waals surface area contributed by atoms with Gasteiger partial charge in [0.25, 0.3) is 5.91 Å². The first-order valence-corrected chi connectivity index (χ1v) is 11.2. The highest BCUT2D eigenvalue weighted by molar-refractivity contribution is 7.17. The number of nitrogens with one attached hydrogen (secondary N) is 1. The van der Waals surface area contributed by atoms with Gasteiger partial charge in [-0.2, -0.15) is 0 Å². The minimum absolute atomic E-state index is 0.0508. The van der Waals surface area contributed by atoms with Crippen LogP contribution in [0.3, 0.4) is 0 Å². The van der Waals surface area contributed by atoms with Crippen molar-refractivity contribution in [3.63, 3.8) is 0 Å². The second-order valence-electron chi connectivity index (χ2n) is 9.10. The van der Waals surface area contributed by atoms with Gasteiger partial charge in [-0.1, -0.05) is 26.0 Å². The average Bonchev–Trinajstić information content (AvgIpc) is 3.23. The summed E-state index contributed by atoms with van der Waals surface area (Å²) in [5.41, 5.74) is 1.61. The molecular formula is C23H28N2O4S. The van der Waals surface area contributed by atoms with Gasteiger partial charge in [0.15, 0.2) is 0 Å². The maximum absolute atomic E-state index is 13.1. The summed E-state index contributed by atoms with van der Waals surface area (Å²) in [6.07, 6.45) is 3.54. The Hall–Kier alpha value is -2.38. The van der Waals surface area contributed by atoms with E-state index in [4.69, 9.17) is 4.74 Å². The monoisotopic (exact) mass is 428 g/mol. The Labute approximate surface area is 180 Å². The molecule has 1 fully saturated rings. The number of benzene rings is 1. The van der Waals surface area contributed by atoms with Crippen LogP contribution in [0.15, 0.2) is 24.3 Å². The third-order valence-electron chi connectivity index (χ3n) is 5.99. The normalized spacial score (nSPS) is 20.6. The number of anilines is 1. The minimum Gasteiger partial charge on any atom is -0.488 e. The fraction of sp³-hybridized carbons (Fsp3) is 0.478. The molecule has 0 saturated carbocycles. The van der Waals surface area contributed by atoms with Gasteiger partial charge in [-0.15, -0.1) is 11.3 Å². The van der Waals surface area contributed by atoms with Gasteiger partial charge in [-0.25, -0.2) is 4.79 Å². The number of rotatable bonds is 5. The highest BCUT2D eigenvalue weighted by Crippen LogP contribution is 2.44. The van der Waals surface area contributed by atoms with Crippen LogP contribution in [0, 0.1) is 5.41 Å². The number of ether oxygens (including phenoxy) is 1. The second kappa shape index (κ2) is 8.04. The van der Waals surface area contributed by atoms with Crippen LogP contribution in [0.2, 0.25) is 0 Å². The fourth-order valence-electron chi connectivity index (χ4n) is 4.33. The molecule has 0 unspecified atom stereocenters. The topological polar surface area (TPSA) is 78.9 Å². The zero-order chi connectivity index (χ0) is 21.5. The number of aromatic carboxylic acids is 1. The van der Waals surface area contributed by atoms with Crippen molar-refractivity contribution in [2.45, 2.75) is 45.6 Å². The van der Waals surface area contributed by atoms with E-state index >= 15 is 0 Å². The van der Waals surface area contributed by atoms with E-state index in [1.807, 2.05) is 6.07 Å². The number of nitrogens with zero attached hydrogens (tertiary/aromatic N) is 1. The molecule has 4 rings (SSSR count). The minimum atomic E-state index is -0.987. The third-order valence-corrected chi connectivity index (χ3v) is 7.20. The number of amides is 1. The van der Waals surface area contributed by atoms with Gasteiger partial charge >= 0.3 is 5.97 Å². The number of carboxylic acids is 1. The summed E-state index contributed by atoms with van der Waals surface area (Å²) >= 11 is 1.39. The van der Waals surface area contributed by atoms with Crippen molar-refractivity contribution in [2.75, 3.05) is 25.5 Å². The zero-order valence-electron chi connectivity index (χ0n) is 17.7. The lowest BCUT2D eigenvalue weighted by atomic mass is 9.76. The first-order valence-electron chi connectivity index (χ1n) is 10.4. The third kappa shape index (κ3) is 4.23. The second-order valence-corrected chi connectivity index (χ2v) is 10.2. The van der Waals surface area contributed by atoms with E-state index in [2.05, 4.69) is 31.1 Å². The Morgan fingerprint density at radius 2 is 2.07 bits per heavy atom. The fourth-order valence-corrected chi connectivity index (χ4v) is 5.54. The van der Waals surface area contributed by atoms with E-state index in [9.17, 15) is 14.7 Å². The number of thiophene rings is 1. The number of carbonyl (C=O) groups is 2. The summed E-state index contributed by atoms with van der Waals surface area (Å²) in [6, 6.07) is 7.16. The van der Waals surface area contributed by atoms with E-state index in [0.717, 1.165) is 42.8 Å². The van der Waals surface area contributed by atoms with Crippen LogP contribution in [0.5, 0.6) is 5.75 Å². The first-order chi connectivity index (χ1) is 14.2. The predicted octanol–water partition coefficient (Wildman–Crippen LogP) is 4.30. The lowest BCUT2D eigenvalue weighted by Crippen LogP contribution is -2.23. The van der Waals surface area contributed by atoms with Crippen LogP contribution in [0.25, 0.3) is 0 Å². The van der Waals surface area contributed by atoms with Gasteiger partial charge in [0.05, 0.1) is 11.1 Å². The van der Waals surface area contributed by atoms with Crippen LogP contribution in [-0.4, -0.2) is 48.1 Å². The van der Waals surface area contributed by atoms with Gasteiger partial charge in [-0.3, -0.25) is 4.79 Å². The summed E-state index contributed by atoms with van der Waals surface area (Å²) in [4.78, 5) is 28.4. The van der Waals surface area contributed by atoms with Gasteiger partial charge < -0.3 is 20.1 Å². The maximum Gasteiger partial charge on any atom is 0.339 e. The van der Waals surface area contributed by atoms with Crippen molar-refractivity contribution >= 4 is 28.2 Å². The molecule has 2 heterocycles. The molecule has 1 aliphatic carbocycles. The molecule has 2 N–H and O–H groups in total. The Balaban J connectivity index is 1.59. The Morgan fingerprint density at radius 3 is 2.77 bits per heavy atom. The van der Waals surface area contributed by atoms with Crippen molar-refractivity contribution in [2.24, 2.45) is 5.41 Å². The Kier molecular flexibility index (Phi) is 5.59. The molecule has 6 nitrogen and oxygen atoms in total. The van der Waals surface area contributed by atoms with Crippen molar-refractivity contribution in [3.8, 4) is 5.75 Å². The van der Waals surface area contributed by atoms with E-state index in [1.165, 1.54) is 11.3 Å². The molecule has 1 amide bonds. The number of carbonyl (C=O) groups excluding carboxylic acids is 1. The van der Waals surface area contributed by atoms with Crippen molar-refractivity contribution in [3.05, 3.63) is 45.8 Å². The van der Waals surface area contributed by atoms with Crippen molar-refractivity contribution < 1.29 is 19.4 Å². The highest BCUT2D eigenvalue weighted by Gasteiger charge is 2.33. The smallest absolute Gasteiger partial charge is 0.339 e. The number of likely N-dealkylation sites (N-methyl/N-ethyl adjacent to an activating group) is 1. The molecule has 1 aromatic carbocycles. The number of hydrogen-bond donors (Lipinski definition) is 2. The number of para-hydroxylation sites is 1. The number of carboxylic acid groups (broad SMARTS) is 1. The average molecular weight is 429 g/mol. The van der Waals surface area contributed by atoms with Gasteiger partial charge in [0, 0.05) is 18.0 Å². The van der Waals surface area contributed by atoms with Crippen LogP contribution >= 0.6 is 11.3 Å². The molecule has 1 saturated heterocycles. The lowest BCUT2D eigenvalue weighted by molar-refractivity contribution is 0.0696. The van der Waals surface area contributed by atoms with Gasteiger partial charge in [0.1, 0.15) is 16.9 Å². The van der Waals surface area contributed by atoms with Crippen molar-refractivity contribution in [1.82, 2.24) is 4.90 Å². The van der Waals surface area contributed by atoms with E-state index < -0.39 is 5.97 Å². The predicted molar refractivity (Wildman–Crippen MR) is 118 cm³/mol. The van der Waals surface area contributed by atoms with Gasteiger partial charge in [0.2, 0.25) is 0 Å². The molecule has 1 aliphatic heterocycles. The number of fused-ring (bicyclic) bond motifs is 1. The quantitative estimate of drug-likeness (QED) is 0.742. The zero-order valence-corrected chi connectivity index (χ0v) is 18.5. The van der Waals surface area contributed by atoms with Crippen LogP contribution in [0.1, 0.15) is 57.8 Å². The number of hydrogen-bond acceptors (Lipinski definition) is 5. The van der Waals surface area contributed by atoms with E-state index in [-0.39, 0.29) is 23.0 Å². The first kappa shape index (κ1) is 20.9. The van der Waals surface area contributed by atoms with E-state index in [1.54, 1.807) is 18.2 Å². The summed E-state index contributed by atoms with van der Waals surface area (Å²) in [5, 5.41) is 13.2. The summed E-state index contributed by atoms with van der Waals surface area (Å²) in [5.74, 6) is -0.786. The Bertz CT molecular complexity index is 982. The summed E-state index contributed by atoms with van der Waals surface area (Å²) in [7, 11) is 2.05. The largest absolute Gasteiger partial charge is 0.488 e. The highest BCUT2D eigenvalue weighted by atomic mass is 32.1. The number of likely N-dealkylation sites (tertiary alicyclic amines) is 1. The molecular weight excluding hydrogens is 400 g/mol. The van der Waals surface area contributed by atoms with Gasteiger partial charge in [-0.05, 0) is 55.8 Å². The number of aryl methyl sites for hydroxylation is 1. The van der Waals surface area contributed by atoms with Crippen LogP contribution in [-0.2, 0) is 12.8 Å². The van der Waals surface area contributed by atoms with Crippen LogP contribution < -0.4 is 10.1 Å². The molecule has 2 aromatic rings. The molecule has 0 bridgehead atoms. The van der Waals surface area contributed by atoms with E-state index in [0.29, 0.717) is 22.7 Å². The van der Waals surface area contributed by atoms with Crippen molar-refractivity contribution in [1.29, 1.82) is 0 Å². The molecule has 1 atom stereocenters. The molecule has 7 heteroatoms. The molecule has 0 spiro atoms. The SMILES string of the molecule is CN1CC[C@@H](Oc2ccccc2C(=O)Nc2sc3c(c2C(=O)O)CC(C)(C)CC3)C1. The standard InChI is InChI=1S/C23H28N2O4S/c1-23(2)10-8-18-16(12-23)19(22(27)28)21(30-18)24-20(26)15-6-4-5-7-17(15)29-14-9-11-25(3)13-14/h4-7,14H,8-13H2,1-3H3,(H,24,26)(H,27,28)/t14-/m1/s1. The maximum atomic E-state index is 13.1. The molecule has 0 radical (unpaired) electrons. The molecule has 160 valence electrons. The van der Waals surface area contributed by atoms with Crippen LogP contribution in [0.4, 0.5) is 5.00 Å². The Morgan fingerprint density at radius 1 is 1.30 bits per heavy atom. The molecule has 2 aliphatic rings. The summed E-state index contributed by atoms with van der Waals surface area (Å²) < 4.78 is 6.11. The lowest BCUT2D eigenvalue weighted by Gasteiger charge is -2.29. The molecule has 1 aromatic heterocycles. The summed E-state index contributed by atoms with van der Waals surface area (Å²) in [6.45, 7) is 6.11. The molecule has 30 heavy (non-hydrogen) atoms.